The molecule has 0 aromatic heterocycles. The molecule has 1 aromatic carbocycles. The van der Waals surface area contributed by atoms with E-state index in [1.165, 1.54) is 0 Å². The van der Waals surface area contributed by atoms with E-state index >= 15 is 0 Å². The Bertz CT molecular complexity index is 319. The molecule has 0 aliphatic heterocycles. The average Bonchev–Trinajstić information content (AvgIpc) is 2.02. The van der Waals surface area contributed by atoms with Gasteiger partial charge in [-0.2, -0.15) is 0 Å². The summed E-state index contributed by atoms with van der Waals surface area (Å²) in [5, 5.41) is 0. The number of aliphatic imine (C=N–C) groups is 1. The second kappa shape index (κ2) is 4.18. The van der Waals surface area contributed by atoms with Crippen LogP contribution in [0.2, 0.25) is 0 Å². The minimum atomic E-state index is -0.693. The Labute approximate surface area is 79.0 Å². The number of hydrogen-bond donors (Lipinski definition) is 1. The lowest BCUT2D eigenvalue weighted by Gasteiger charge is -1.97. The number of nitrogens with zero attached hydrogens (tertiary/aromatic N) is 1. The summed E-state index contributed by atoms with van der Waals surface area (Å²) in [6, 6.07) is 2.90. The summed E-state index contributed by atoms with van der Waals surface area (Å²) >= 11 is 5.34. The van der Waals surface area contributed by atoms with Crippen LogP contribution in [0.4, 0.5) is 14.5 Å². The van der Waals surface area contributed by atoms with Crippen LogP contribution in [0.15, 0.2) is 23.2 Å². The van der Waals surface area contributed by atoms with Crippen molar-refractivity contribution < 1.29 is 8.78 Å². The fourth-order valence-corrected chi connectivity index (χ4v) is 0.859. The second-order valence-corrected chi connectivity index (χ2v) is 2.63. The van der Waals surface area contributed by atoms with Gasteiger partial charge >= 0.3 is 0 Å². The Morgan fingerprint density at radius 1 is 1.31 bits per heavy atom. The zero-order valence-electron chi connectivity index (χ0n) is 6.60. The molecule has 0 fully saturated rings. The molecule has 0 saturated heterocycles. The first kappa shape index (κ1) is 9.92. The van der Waals surface area contributed by atoms with E-state index in [2.05, 4.69) is 4.99 Å². The van der Waals surface area contributed by atoms with Gasteiger partial charge in [0.05, 0.1) is 11.6 Å². The van der Waals surface area contributed by atoms with E-state index in [1.807, 2.05) is 0 Å². The molecule has 0 saturated carbocycles. The predicted molar refractivity (Wildman–Crippen MR) is 48.4 cm³/mol. The quantitative estimate of drug-likeness (QED) is 0.448. The largest absolute Gasteiger partial charge is 0.386 e. The lowest BCUT2D eigenvalue weighted by atomic mass is 10.3. The first-order valence-electron chi connectivity index (χ1n) is 3.47. The van der Waals surface area contributed by atoms with Crippen molar-refractivity contribution in [2.75, 3.05) is 5.88 Å². The number of nitrogens with two attached hydrogens (primary N) is 1. The Hall–Kier alpha value is -1.16. The van der Waals surface area contributed by atoms with E-state index < -0.39 is 11.6 Å². The lowest BCUT2D eigenvalue weighted by Crippen LogP contribution is -2.12. The van der Waals surface area contributed by atoms with Crippen molar-refractivity contribution in [3.8, 4) is 0 Å². The molecule has 0 atom stereocenters. The maximum Gasteiger partial charge on any atom is 0.128 e. The van der Waals surface area contributed by atoms with Crippen LogP contribution in [0.5, 0.6) is 0 Å². The average molecular weight is 205 g/mol. The molecule has 70 valence electrons. The van der Waals surface area contributed by atoms with Crippen LogP contribution in [0.3, 0.4) is 0 Å². The maximum absolute atomic E-state index is 12.6. The number of amidine groups is 1. The van der Waals surface area contributed by atoms with Crippen molar-refractivity contribution in [3.63, 3.8) is 0 Å². The summed E-state index contributed by atoms with van der Waals surface area (Å²) in [5.74, 6) is -1.24. The molecule has 0 unspecified atom stereocenters. The van der Waals surface area contributed by atoms with E-state index in [4.69, 9.17) is 17.3 Å². The van der Waals surface area contributed by atoms with Crippen molar-refractivity contribution in [2.45, 2.75) is 0 Å². The van der Waals surface area contributed by atoms with Crippen molar-refractivity contribution in [2.24, 2.45) is 10.7 Å². The van der Waals surface area contributed by atoms with Gasteiger partial charge in [-0.25, -0.2) is 13.8 Å². The molecule has 1 rings (SSSR count). The first-order valence-corrected chi connectivity index (χ1v) is 4.00. The van der Waals surface area contributed by atoms with E-state index in [9.17, 15) is 8.78 Å². The molecule has 0 heterocycles. The van der Waals surface area contributed by atoms with Gasteiger partial charge in [0.2, 0.25) is 0 Å². The van der Waals surface area contributed by atoms with Crippen molar-refractivity contribution in [3.05, 3.63) is 29.8 Å². The third-order valence-corrected chi connectivity index (χ3v) is 1.53. The number of rotatable bonds is 2. The highest BCUT2D eigenvalue weighted by molar-refractivity contribution is 6.28. The SMILES string of the molecule is NC(CCl)=Nc1cc(F)cc(F)c1. The molecular weight excluding hydrogens is 198 g/mol. The fraction of sp³-hybridized carbons (Fsp3) is 0.125. The molecule has 0 aliphatic rings. The molecule has 2 N–H and O–H groups in total. The zero-order valence-corrected chi connectivity index (χ0v) is 7.35. The molecule has 0 aliphatic carbocycles. The molecule has 0 bridgehead atoms. The van der Waals surface area contributed by atoms with E-state index in [-0.39, 0.29) is 17.4 Å². The van der Waals surface area contributed by atoms with Gasteiger partial charge in [-0.05, 0) is 12.1 Å². The second-order valence-electron chi connectivity index (χ2n) is 2.36. The number of hydrogen-bond acceptors (Lipinski definition) is 1. The molecule has 5 heteroatoms. The topological polar surface area (TPSA) is 38.4 Å². The standard InChI is InChI=1S/C8H7ClF2N2/c9-4-8(12)13-7-2-5(10)1-6(11)3-7/h1-3H,4H2,(H2,12,13). The highest BCUT2D eigenvalue weighted by atomic mass is 35.5. The minimum Gasteiger partial charge on any atom is -0.386 e. The van der Waals surface area contributed by atoms with Gasteiger partial charge < -0.3 is 5.73 Å². The van der Waals surface area contributed by atoms with Gasteiger partial charge in [0.25, 0.3) is 0 Å². The van der Waals surface area contributed by atoms with Crippen LogP contribution in [-0.2, 0) is 0 Å². The Kier molecular flexibility index (Phi) is 3.19. The first-order chi connectivity index (χ1) is 6.11. The van der Waals surface area contributed by atoms with Gasteiger partial charge in [-0.15, -0.1) is 11.6 Å². The molecule has 0 radical (unpaired) electrons. The maximum atomic E-state index is 12.6. The molecule has 13 heavy (non-hydrogen) atoms. The molecule has 0 spiro atoms. The molecule has 1 aromatic rings. The molecule has 2 nitrogen and oxygen atoms in total. The summed E-state index contributed by atoms with van der Waals surface area (Å²) in [5.41, 5.74) is 5.40. The number of alkyl halides is 1. The van der Waals surface area contributed by atoms with Gasteiger partial charge in [-0.3, -0.25) is 0 Å². The third-order valence-electron chi connectivity index (χ3n) is 1.26. The molecular formula is C8H7ClF2N2. The monoisotopic (exact) mass is 204 g/mol. The Balaban J connectivity index is 3.02. The molecule has 0 amide bonds. The highest BCUT2D eigenvalue weighted by Gasteiger charge is 1.99. The van der Waals surface area contributed by atoms with Crippen molar-refractivity contribution in [1.29, 1.82) is 0 Å². The zero-order chi connectivity index (χ0) is 9.84. The van der Waals surface area contributed by atoms with E-state index in [0.717, 1.165) is 18.2 Å². The number of benzene rings is 1. The Morgan fingerprint density at radius 2 is 1.85 bits per heavy atom. The van der Waals surface area contributed by atoms with Crippen LogP contribution >= 0.6 is 11.6 Å². The van der Waals surface area contributed by atoms with Crippen LogP contribution in [0, 0.1) is 11.6 Å². The van der Waals surface area contributed by atoms with Crippen molar-refractivity contribution >= 4 is 23.1 Å². The van der Waals surface area contributed by atoms with E-state index in [0.29, 0.717) is 0 Å². The lowest BCUT2D eigenvalue weighted by molar-refractivity contribution is 0.584. The summed E-state index contributed by atoms with van der Waals surface area (Å²) < 4.78 is 25.2. The third kappa shape index (κ3) is 2.99. The van der Waals surface area contributed by atoms with Crippen LogP contribution in [-0.4, -0.2) is 11.7 Å². The van der Waals surface area contributed by atoms with Gasteiger partial charge in [0, 0.05) is 6.07 Å². The van der Waals surface area contributed by atoms with Gasteiger partial charge in [-0.1, -0.05) is 0 Å². The summed E-state index contributed by atoms with van der Waals surface area (Å²) in [4.78, 5) is 3.68. The summed E-state index contributed by atoms with van der Waals surface area (Å²) in [6.07, 6.45) is 0. The van der Waals surface area contributed by atoms with Gasteiger partial charge in [0.1, 0.15) is 17.5 Å². The summed E-state index contributed by atoms with van der Waals surface area (Å²) in [6.45, 7) is 0. The van der Waals surface area contributed by atoms with Crippen molar-refractivity contribution in [1.82, 2.24) is 0 Å². The Morgan fingerprint density at radius 3 is 2.31 bits per heavy atom. The van der Waals surface area contributed by atoms with Crippen LogP contribution in [0.25, 0.3) is 0 Å². The highest BCUT2D eigenvalue weighted by Crippen LogP contribution is 2.15. The van der Waals surface area contributed by atoms with Gasteiger partial charge in [0.15, 0.2) is 0 Å². The summed E-state index contributed by atoms with van der Waals surface area (Å²) in [7, 11) is 0. The minimum absolute atomic E-state index is 0.0259. The number of halogens is 3. The van der Waals surface area contributed by atoms with Crippen LogP contribution < -0.4 is 5.73 Å². The van der Waals surface area contributed by atoms with E-state index in [1.54, 1.807) is 0 Å². The van der Waals surface area contributed by atoms with Crippen LogP contribution in [0.1, 0.15) is 0 Å². The normalized spacial score (nSPS) is 11.8. The smallest absolute Gasteiger partial charge is 0.128 e. The predicted octanol–water partition coefficient (Wildman–Crippen LogP) is 2.19. The fourth-order valence-electron chi connectivity index (χ4n) is 0.800.